The predicted octanol–water partition coefficient (Wildman–Crippen LogP) is 5.39. The molecule has 0 aliphatic heterocycles. The summed E-state index contributed by atoms with van der Waals surface area (Å²) in [6.45, 7) is 0. The lowest BCUT2D eigenvalue weighted by Gasteiger charge is -2.39. The summed E-state index contributed by atoms with van der Waals surface area (Å²) in [5.41, 5.74) is 1.21. The van der Waals surface area contributed by atoms with Crippen LogP contribution in [0.1, 0.15) is 42.9 Å². The minimum Gasteiger partial charge on any atom is -0.465 e. The summed E-state index contributed by atoms with van der Waals surface area (Å²) in [5.74, 6) is 0.278. The summed E-state index contributed by atoms with van der Waals surface area (Å²) in [4.78, 5) is 8.58. The van der Waals surface area contributed by atoms with Crippen molar-refractivity contribution in [2.24, 2.45) is 0 Å². The topological polar surface area (TPSA) is 35.0 Å². The zero-order valence-corrected chi connectivity index (χ0v) is 14.8. The van der Waals surface area contributed by atoms with Crippen LogP contribution in [-0.2, 0) is 5.60 Å². The number of pyridine rings is 2. The third-order valence-corrected chi connectivity index (χ3v) is 5.27. The van der Waals surface area contributed by atoms with E-state index in [9.17, 15) is 8.78 Å². The van der Waals surface area contributed by atoms with Gasteiger partial charge in [-0.15, -0.1) is 0 Å². The van der Waals surface area contributed by atoms with Crippen molar-refractivity contribution < 1.29 is 13.5 Å². The molecule has 0 atom stereocenters. The second-order valence-corrected chi connectivity index (χ2v) is 6.95. The summed E-state index contributed by atoms with van der Waals surface area (Å²) >= 11 is 0. The maximum atomic E-state index is 13.4. The number of hydrogen-bond donors (Lipinski definition) is 0. The van der Waals surface area contributed by atoms with E-state index in [1.54, 1.807) is 12.3 Å². The SMILES string of the molecule is Fc1ccc(C2CCC(Oc3ccccn3)(c3ccc(F)cn3)CC2)cc1. The zero-order valence-electron chi connectivity index (χ0n) is 14.8. The normalized spacial score (nSPS) is 22.4. The maximum absolute atomic E-state index is 13.4. The minimum absolute atomic E-state index is 0.224. The Labute approximate surface area is 157 Å². The van der Waals surface area contributed by atoms with Crippen LogP contribution in [0.3, 0.4) is 0 Å². The number of ether oxygens (including phenoxy) is 1. The number of benzene rings is 1. The highest BCUT2D eigenvalue weighted by molar-refractivity contribution is 5.25. The first kappa shape index (κ1) is 17.6. The number of nitrogens with zero attached hydrogens (tertiary/aromatic N) is 2. The van der Waals surface area contributed by atoms with Gasteiger partial charge in [-0.05, 0) is 67.5 Å². The van der Waals surface area contributed by atoms with Crippen LogP contribution in [0.2, 0.25) is 0 Å². The average Bonchev–Trinajstić information content (AvgIpc) is 2.70. The van der Waals surface area contributed by atoms with Crippen molar-refractivity contribution in [1.82, 2.24) is 9.97 Å². The Hall–Kier alpha value is -2.82. The molecule has 3 aromatic rings. The Morgan fingerprint density at radius 2 is 1.59 bits per heavy atom. The molecule has 0 saturated heterocycles. The molecule has 0 N–H and O–H groups in total. The second-order valence-electron chi connectivity index (χ2n) is 6.95. The second kappa shape index (κ2) is 7.43. The minimum atomic E-state index is -0.640. The Morgan fingerprint density at radius 3 is 2.22 bits per heavy atom. The fraction of sp³-hybridized carbons (Fsp3) is 0.273. The lowest BCUT2D eigenvalue weighted by atomic mass is 9.74. The van der Waals surface area contributed by atoms with E-state index in [0.717, 1.165) is 31.2 Å². The van der Waals surface area contributed by atoms with Crippen molar-refractivity contribution >= 4 is 0 Å². The lowest BCUT2D eigenvalue weighted by molar-refractivity contribution is 0.0125. The number of hydrogen-bond acceptors (Lipinski definition) is 3. The summed E-state index contributed by atoms with van der Waals surface area (Å²) in [6, 6.07) is 15.3. The summed E-state index contributed by atoms with van der Waals surface area (Å²) in [6.07, 6.45) is 6.11. The van der Waals surface area contributed by atoms with Crippen LogP contribution < -0.4 is 4.74 Å². The van der Waals surface area contributed by atoms with Crippen LogP contribution in [0.4, 0.5) is 8.78 Å². The quantitative estimate of drug-likeness (QED) is 0.621. The molecule has 2 heterocycles. The zero-order chi connectivity index (χ0) is 18.7. The van der Waals surface area contributed by atoms with Crippen molar-refractivity contribution in [1.29, 1.82) is 0 Å². The standard InChI is InChI=1S/C22H20F2N2O/c23-18-6-4-16(5-7-18)17-10-12-22(13-11-17,20-9-8-19(24)15-26-20)27-21-3-1-2-14-25-21/h1-9,14-15,17H,10-13H2. The van der Waals surface area contributed by atoms with E-state index in [1.165, 1.54) is 24.4 Å². The Balaban J connectivity index is 1.60. The monoisotopic (exact) mass is 366 g/mol. The third-order valence-electron chi connectivity index (χ3n) is 5.27. The Bertz CT molecular complexity index is 874. The smallest absolute Gasteiger partial charge is 0.214 e. The fourth-order valence-electron chi connectivity index (χ4n) is 3.82. The highest BCUT2D eigenvalue weighted by Gasteiger charge is 2.41. The van der Waals surface area contributed by atoms with Crippen LogP contribution in [0.15, 0.2) is 67.0 Å². The molecule has 0 unspecified atom stereocenters. The van der Waals surface area contributed by atoms with Gasteiger partial charge in [-0.25, -0.2) is 13.8 Å². The molecule has 1 aliphatic rings. The Morgan fingerprint density at radius 1 is 0.852 bits per heavy atom. The van der Waals surface area contributed by atoms with Gasteiger partial charge in [-0.3, -0.25) is 4.98 Å². The molecule has 5 heteroatoms. The molecule has 0 radical (unpaired) electrons. The molecule has 1 saturated carbocycles. The molecule has 1 aliphatic carbocycles. The van der Waals surface area contributed by atoms with Crippen LogP contribution in [-0.4, -0.2) is 9.97 Å². The fourth-order valence-corrected chi connectivity index (χ4v) is 3.82. The maximum Gasteiger partial charge on any atom is 0.214 e. The number of halogens is 2. The van der Waals surface area contributed by atoms with Gasteiger partial charge in [0.15, 0.2) is 5.60 Å². The van der Waals surface area contributed by atoms with Crippen molar-refractivity contribution in [3.05, 3.63) is 89.9 Å². The molecule has 4 rings (SSSR count). The van der Waals surface area contributed by atoms with Crippen molar-refractivity contribution in [3.8, 4) is 5.88 Å². The van der Waals surface area contributed by atoms with Crippen LogP contribution in [0, 0.1) is 11.6 Å². The van der Waals surface area contributed by atoms with Gasteiger partial charge in [0.25, 0.3) is 0 Å². The molecular weight excluding hydrogens is 346 g/mol. The number of aromatic nitrogens is 2. The summed E-state index contributed by atoms with van der Waals surface area (Å²) in [5, 5.41) is 0. The van der Waals surface area contributed by atoms with E-state index in [-0.39, 0.29) is 11.6 Å². The first-order chi connectivity index (χ1) is 13.1. The van der Waals surface area contributed by atoms with Crippen molar-refractivity contribution in [2.75, 3.05) is 0 Å². The van der Waals surface area contributed by atoms with E-state index >= 15 is 0 Å². The van der Waals surface area contributed by atoms with Gasteiger partial charge in [-0.2, -0.15) is 0 Å². The van der Waals surface area contributed by atoms with E-state index in [0.29, 0.717) is 17.5 Å². The van der Waals surface area contributed by atoms with Gasteiger partial charge in [0.1, 0.15) is 11.6 Å². The molecule has 0 amide bonds. The molecule has 3 nitrogen and oxygen atoms in total. The first-order valence-electron chi connectivity index (χ1n) is 9.12. The van der Waals surface area contributed by atoms with Gasteiger partial charge in [0, 0.05) is 12.3 Å². The van der Waals surface area contributed by atoms with E-state index in [4.69, 9.17) is 4.74 Å². The molecule has 2 aromatic heterocycles. The van der Waals surface area contributed by atoms with Gasteiger partial charge in [0.05, 0.1) is 11.9 Å². The van der Waals surface area contributed by atoms with E-state index < -0.39 is 5.60 Å². The summed E-state index contributed by atoms with van der Waals surface area (Å²) in [7, 11) is 0. The molecule has 0 spiro atoms. The van der Waals surface area contributed by atoms with E-state index in [1.807, 2.05) is 30.3 Å². The van der Waals surface area contributed by atoms with Gasteiger partial charge >= 0.3 is 0 Å². The van der Waals surface area contributed by atoms with Crippen LogP contribution in [0.25, 0.3) is 0 Å². The van der Waals surface area contributed by atoms with Crippen LogP contribution in [0.5, 0.6) is 5.88 Å². The third kappa shape index (κ3) is 3.82. The molecule has 27 heavy (non-hydrogen) atoms. The molecule has 0 bridgehead atoms. The molecule has 1 aromatic carbocycles. The van der Waals surface area contributed by atoms with Gasteiger partial charge < -0.3 is 4.74 Å². The highest BCUT2D eigenvalue weighted by Crippen LogP contribution is 2.45. The number of rotatable bonds is 4. The molecular formula is C22H20F2N2O. The van der Waals surface area contributed by atoms with Crippen molar-refractivity contribution in [2.45, 2.75) is 37.2 Å². The molecule has 1 fully saturated rings. The van der Waals surface area contributed by atoms with Crippen molar-refractivity contribution in [3.63, 3.8) is 0 Å². The summed E-state index contributed by atoms with van der Waals surface area (Å²) < 4.78 is 32.9. The Kier molecular flexibility index (Phi) is 4.84. The highest BCUT2D eigenvalue weighted by atomic mass is 19.1. The largest absolute Gasteiger partial charge is 0.465 e. The van der Waals surface area contributed by atoms with Crippen LogP contribution >= 0.6 is 0 Å². The van der Waals surface area contributed by atoms with Gasteiger partial charge in [0.2, 0.25) is 5.88 Å². The van der Waals surface area contributed by atoms with Gasteiger partial charge in [-0.1, -0.05) is 18.2 Å². The lowest BCUT2D eigenvalue weighted by Crippen LogP contribution is -2.38. The average molecular weight is 366 g/mol. The molecule has 138 valence electrons. The predicted molar refractivity (Wildman–Crippen MR) is 98.3 cm³/mol. The van der Waals surface area contributed by atoms with E-state index in [2.05, 4.69) is 9.97 Å². The first-order valence-corrected chi connectivity index (χ1v) is 9.12.